The molecular formula is C45H32N2. The van der Waals surface area contributed by atoms with E-state index in [1.807, 2.05) is 66.7 Å². The standard InChI is InChI=1S/C45H32N2/c1-2-43-46-41-26-9-10-27-42(41)47(43)34-19-12-17-32(29-34)31-16-11-18-33(28-31)44-37-21-5-7-23-39(37)45(40-24-8-6-22-38(40)44)36-25-13-15-30-14-3-4-20-35(30)36/h3-29H,2H2,1H3/i3D,4D,13D,14D,15D,20D,25D. The lowest BCUT2D eigenvalue weighted by atomic mass is 9.84. The first-order valence-electron chi connectivity index (χ1n) is 19.3. The molecule has 2 nitrogen and oxygen atoms in total. The van der Waals surface area contributed by atoms with Crippen LogP contribution in [0.15, 0.2) is 164 Å². The summed E-state index contributed by atoms with van der Waals surface area (Å²) in [6.45, 7) is 2.12. The van der Waals surface area contributed by atoms with Gasteiger partial charge >= 0.3 is 0 Å². The second kappa shape index (κ2) is 11.1. The molecule has 0 radical (unpaired) electrons. The average Bonchev–Trinajstić information content (AvgIpc) is 3.59. The number of fused-ring (bicyclic) bond motifs is 4. The highest BCUT2D eigenvalue weighted by Crippen LogP contribution is 2.45. The van der Waals surface area contributed by atoms with Gasteiger partial charge < -0.3 is 0 Å². The van der Waals surface area contributed by atoms with E-state index in [0.29, 0.717) is 5.56 Å². The molecule has 0 fully saturated rings. The lowest BCUT2D eigenvalue weighted by Gasteiger charge is -2.19. The van der Waals surface area contributed by atoms with Crippen molar-refractivity contribution in [3.05, 3.63) is 169 Å². The van der Waals surface area contributed by atoms with Crippen molar-refractivity contribution in [3.63, 3.8) is 0 Å². The zero-order valence-electron chi connectivity index (χ0n) is 32.6. The van der Waals surface area contributed by atoms with Crippen molar-refractivity contribution >= 4 is 43.4 Å². The van der Waals surface area contributed by atoms with Gasteiger partial charge in [0.05, 0.1) is 20.6 Å². The minimum absolute atomic E-state index is 0.0566. The molecule has 1 heterocycles. The van der Waals surface area contributed by atoms with E-state index in [4.69, 9.17) is 13.2 Å². The average molecular weight is 608 g/mol. The molecule has 0 bridgehead atoms. The fourth-order valence-electron chi connectivity index (χ4n) is 6.99. The first-order chi connectivity index (χ1) is 26.2. The third-order valence-corrected chi connectivity index (χ3v) is 9.03. The Morgan fingerprint density at radius 3 is 1.94 bits per heavy atom. The molecular weight excluding hydrogens is 569 g/mol. The van der Waals surface area contributed by atoms with Crippen LogP contribution in [-0.4, -0.2) is 9.55 Å². The normalized spacial score (nSPS) is 13.7. The van der Waals surface area contributed by atoms with Crippen LogP contribution in [0.3, 0.4) is 0 Å². The molecule has 0 saturated heterocycles. The van der Waals surface area contributed by atoms with Crippen LogP contribution in [0.4, 0.5) is 0 Å². The quantitative estimate of drug-likeness (QED) is 0.178. The number of imidazole rings is 1. The Kier molecular flexibility index (Phi) is 4.95. The summed E-state index contributed by atoms with van der Waals surface area (Å²) < 4.78 is 63.5. The van der Waals surface area contributed by atoms with Crippen LogP contribution in [0.25, 0.3) is 82.4 Å². The van der Waals surface area contributed by atoms with Crippen LogP contribution in [0, 0.1) is 0 Å². The Balaban J connectivity index is 1.30. The molecule has 0 saturated carbocycles. The number of rotatable bonds is 5. The van der Waals surface area contributed by atoms with Crippen molar-refractivity contribution in [2.75, 3.05) is 0 Å². The van der Waals surface area contributed by atoms with E-state index in [1.165, 1.54) is 0 Å². The molecule has 0 aliphatic carbocycles. The highest BCUT2D eigenvalue weighted by Gasteiger charge is 2.18. The molecule has 0 amide bonds. The van der Waals surface area contributed by atoms with Gasteiger partial charge in [-0.2, -0.15) is 0 Å². The van der Waals surface area contributed by atoms with E-state index in [1.54, 1.807) is 0 Å². The molecule has 0 atom stereocenters. The first kappa shape index (κ1) is 20.9. The van der Waals surface area contributed by atoms with Crippen molar-refractivity contribution in [3.8, 4) is 39.1 Å². The van der Waals surface area contributed by atoms with Gasteiger partial charge in [0.15, 0.2) is 0 Å². The smallest absolute Gasteiger partial charge is 0.114 e. The largest absolute Gasteiger partial charge is 0.296 e. The van der Waals surface area contributed by atoms with Crippen LogP contribution in [0.1, 0.15) is 22.3 Å². The van der Waals surface area contributed by atoms with Gasteiger partial charge in [0.25, 0.3) is 0 Å². The van der Waals surface area contributed by atoms with Crippen molar-refractivity contribution in [2.45, 2.75) is 13.3 Å². The van der Waals surface area contributed by atoms with Crippen LogP contribution in [0.2, 0.25) is 0 Å². The van der Waals surface area contributed by atoms with Gasteiger partial charge in [-0.25, -0.2) is 4.98 Å². The van der Waals surface area contributed by atoms with Gasteiger partial charge in [-0.3, -0.25) is 4.57 Å². The molecule has 47 heavy (non-hydrogen) atoms. The summed E-state index contributed by atoms with van der Waals surface area (Å²) in [5.74, 6) is 0.995. The number of hydrogen-bond acceptors (Lipinski definition) is 1. The number of nitrogens with zero attached hydrogens (tertiary/aromatic N) is 2. The lowest BCUT2D eigenvalue weighted by Crippen LogP contribution is -2.00. The van der Waals surface area contributed by atoms with Gasteiger partial charge in [0.2, 0.25) is 0 Å². The van der Waals surface area contributed by atoms with Crippen LogP contribution < -0.4 is 0 Å². The number of para-hydroxylation sites is 2. The molecule has 0 aliphatic rings. The molecule has 0 N–H and O–H groups in total. The molecule has 9 aromatic rings. The molecule has 0 unspecified atom stereocenters. The SMILES string of the molecule is [2H]c1c([2H])c([2H])c2c(-c3c4ccccc4c(-c4cccc(-c5cccc(-n6c(CC)nc7ccccc76)c5)c4)c4ccccc34)c([2H])c([2H])c([2H])c2c1[2H]. The highest BCUT2D eigenvalue weighted by atomic mass is 15.1. The first-order valence-corrected chi connectivity index (χ1v) is 15.8. The summed E-state index contributed by atoms with van der Waals surface area (Å²) in [7, 11) is 0. The Bertz CT molecular complexity index is 2960. The van der Waals surface area contributed by atoms with Crippen molar-refractivity contribution in [1.82, 2.24) is 9.55 Å². The molecule has 2 heteroatoms. The molecule has 9 rings (SSSR count). The Hall–Kier alpha value is -5.99. The Morgan fingerprint density at radius 1 is 0.553 bits per heavy atom. The topological polar surface area (TPSA) is 17.8 Å². The summed E-state index contributed by atoms with van der Waals surface area (Å²) in [6.07, 6.45) is 0.793. The molecule has 0 spiro atoms. The van der Waals surface area contributed by atoms with E-state index < -0.39 is 12.1 Å². The summed E-state index contributed by atoms with van der Waals surface area (Å²) in [5, 5.41) is 3.36. The minimum atomic E-state index is -0.469. The zero-order chi connectivity index (χ0) is 37.4. The lowest BCUT2D eigenvalue weighted by molar-refractivity contribution is 0.908. The summed E-state index contributed by atoms with van der Waals surface area (Å²) in [5.41, 5.74) is 7.94. The van der Waals surface area contributed by atoms with Gasteiger partial charge in [0.1, 0.15) is 5.82 Å². The van der Waals surface area contributed by atoms with Gasteiger partial charge in [-0.05, 0) is 96.0 Å². The maximum atomic E-state index is 9.21. The number of aryl methyl sites for hydroxylation is 1. The van der Waals surface area contributed by atoms with Crippen molar-refractivity contribution in [1.29, 1.82) is 0 Å². The minimum Gasteiger partial charge on any atom is -0.296 e. The molecule has 8 aromatic carbocycles. The molecule has 222 valence electrons. The van der Waals surface area contributed by atoms with Crippen LogP contribution in [-0.2, 0) is 6.42 Å². The number of hydrogen-bond donors (Lipinski definition) is 0. The second-order valence-corrected chi connectivity index (χ2v) is 11.7. The highest BCUT2D eigenvalue weighted by molar-refractivity contribution is 6.23. The Morgan fingerprint density at radius 2 is 1.17 bits per heavy atom. The number of benzene rings is 8. The predicted octanol–water partition coefficient (Wildman–Crippen LogP) is 12.0. The zero-order valence-corrected chi connectivity index (χ0v) is 25.6. The van der Waals surface area contributed by atoms with Crippen LogP contribution >= 0.6 is 0 Å². The van der Waals surface area contributed by atoms with Crippen LogP contribution in [0.5, 0.6) is 0 Å². The van der Waals surface area contributed by atoms with Gasteiger partial charge in [-0.1, -0.05) is 140 Å². The number of aromatic nitrogens is 2. The van der Waals surface area contributed by atoms with E-state index in [2.05, 4.69) is 66.1 Å². The van der Waals surface area contributed by atoms with Gasteiger partial charge in [-0.15, -0.1) is 0 Å². The third kappa shape index (κ3) is 4.45. The monoisotopic (exact) mass is 607 g/mol. The predicted molar refractivity (Wildman–Crippen MR) is 199 cm³/mol. The second-order valence-electron chi connectivity index (χ2n) is 11.7. The molecule has 1 aromatic heterocycles. The van der Waals surface area contributed by atoms with E-state index in [-0.39, 0.29) is 46.5 Å². The van der Waals surface area contributed by atoms with Crippen molar-refractivity contribution < 1.29 is 9.60 Å². The maximum Gasteiger partial charge on any atom is 0.114 e. The summed E-state index contributed by atoms with van der Waals surface area (Å²) in [6, 6.07) is 38.3. The fourth-order valence-corrected chi connectivity index (χ4v) is 6.99. The third-order valence-electron chi connectivity index (χ3n) is 9.03. The fraction of sp³-hybridized carbons (Fsp3) is 0.0444. The maximum absolute atomic E-state index is 9.21. The van der Waals surface area contributed by atoms with E-state index in [0.717, 1.165) is 72.8 Å². The Labute approximate surface area is 284 Å². The van der Waals surface area contributed by atoms with Gasteiger partial charge in [0, 0.05) is 12.1 Å². The summed E-state index contributed by atoms with van der Waals surface area (Å²) in [4.78, 5) is 4.89. The van der Waals surface area contributed by atoms with E-state index >= 15 is 0 Å². The van der Waals surface area contributed by atoms with E-state index in [9.17, 15) is 1.37 Å². The molecule has 0 aliphatic heterocycles. The van der Waals surface area contributed by atoms with Crippen molar-refractivity contribution in [2.24, 2.45) is 0 Å². The summed E-state index contributed by atoms with van der Waals surface area (Å²) >= 11 is 0.